The van der Waals surface area contributed by atoms with Crippen molar-refractivity contribution in [1.82, 2.24) is 15.3 Å². The Hall–Kier alpha value is -3.72. The minimum absolute atomic E-state index is 0.270. The Balaban J connectivity index is 1.75. The van der Waals surface area contributed by atoms with Crippen LogP contribution in [0, 0.1) is 25.2 Å². The van der Waals surface area contributed by atoms with E-state index in [1.54, 1.807) is 31.2 Å². The number of carbonyl (C=O) groups is 1. The summed E-state index contributed by atoms with van der Waals surface area (Å²) in [6, 6.07) is 18.8. The van der Waals surface area contributed by atoms with Gasteiger partial charge in [0.05, 0.1) is 11.3 Å². The SMILES string of the molecule is Cc1ccc(CNC(=O)c2cc(Nc3ccccc3C#N)nc(C)n2)cc1. The largest absolute Gasteiger partial charge is 0.347 e. The second-order valence-corrected chi connectivity index (χ2v) is 6.14. The van der Waals surface area contributed by atoms with Crippen molar-refractivity contribution in [2.75, 3.05) is 5.32 Å². The number of rotatable bonds is 5. The molecule has 0 aliphatic carbocycles. The Bertz CT molecular complexity index is 1010. The number of carbonyl (C=O) groups excluding carboxylic acids is 1. The molecule has 0 saturated heterocycles. The van der Waals surface area contributed by atoms with E-state index < -0.39 is 0 Å². The lowest BCUT2D eigenvalue weighted by Crippen LogP contribution is -2.24. The van der Waals surface area contributed by atoms with Gasteiger partial charge in [-0.15, -0.1) is 0 Å². The first-order valence-corrected chi connectivity index (χ1v) is 8.51. The quantitative estimate of drug-likeness (QED) is 0.727. The molecule has 0 unspecified atom stereocenters. The van der Waals surface area contributed by atoms with Gasteiger partial charge in [-0.3, -0.25) is 4.79 Å². The summed E-state index contributed by atoms with van der Waals surface area (Å²) in [5.74, 6) is 0.651. The summed E-state index contributed by atoms with van der Waals surface area (Å²) in [7, 11) is 0. The van der Waals surface area contributed by atoms with Gasteiger partial charge in [0, 0.05) is 12.6 Å². The molecule has 0 radical (unpaired) electrons. The lowest BCUT2D eigenvalue weighted by Gasteiger charge is -2.10. The summed E-state index contributed by atoms with van der Waals surface area (Å²) in [5, 5.41) is 15.2. The summed E-state index contributed by atoms with van der Waals surface area (Å²) < 4.78 is 0. The third-order valence-electron chi connectivity index (χ3n) is 3.95. The van der Waals surface area contributed by atoms with Crippen molar-refractivity contribution < 1.29 is 4.79 Å². The maximum Gasteiger partial charge on any atom is 0.270 e. The van der Waals surface area contributed by atoms with Crippen molar-refractivity contribution in [1.29, 1.82) is 5.26 Å². The number of nitrogens with zero attached hydrogens (tertiary/aromatic N) is 3. The van der Waals surface area contributed by atoms with Crippen LogP contribution in [0.15, 0.2) is 54.6 Å². The Kier molecular flexibility index (Phi) is 5.43. The number of hydrogen-bond donors (Lipinski definition) is 2. The second-order valence-electron chi connectivity index (χ2n) is 6.14. The predicted octanol–water partition coefficient (Wildman–Crippen LogP) is 3.64. The monoisotopic (exact) mass is 357 g/mol. The molecule has 0 atom stereocenters. The molecule has 27 heavy (non-hydrogen) atoms. The molecule has 0 spiro atoms. The molecule has 6 nitrogen and oxygen atoms in total. The van der Waals surface area contributed by atoms with Gasteiger partial charge in [0.2, 0.25) is 0 Å². The number of aromatic nitrogens is 2. The zero-order valence-electron chi connectivity index (χ0n) is 15.2. The van der Waals surface area contributed by atoms with Crippen LogP contribution >= 0.6 is 0 Å². The van der Waals surface area contributed by atoms with E-state index in [1.807, 2.05) is 37.3 Å². The highest BCUT2D eigenvalue weighted by Crippen LogP contribution is 2.19. The number of amides is 1. The van der Waals surface area contributed by atoms with Gasteiger partial charge >= 0.3 is 0 Å². The maximum atomic E-state index is 12.5. The highest BCUT2D eigenvalue weighted by Gasteiger charge is 2.11. The molecule has 0 saturated carbocycles. The van der Waals surface area contributed by atoms with Gasteiger partial charge in [0.25, 0.3) is 5.91 Å². The molecule has 0 bridgehead atoms. The van der Waals surface area contributed by atoms with Crippen LogP contribution in [-0.2, 0) is 6.54 Å². The zero-order chi connectivity index (χ0) is 19.2. The fraction of sp³-hybridized carbons (Fsp3) is 0.143. The molecule has 0 aliphatic heterocycles. The Morgan fingerprint density at radius 2 is 1.81 bits per heavy atom. The number of aryl methyl sites for hydroxylation is 2. The van der Waals surface area contributed by atoms with Crippen LogP contribution in [0.2, 0.25) is 0 Å². The molecule has 2 aromatic carbocycles. The molecular formula is C21H19N5O. The van der Waals surface area contributed by atoms with Crippen molar-refractivity contribution in [3.05, 3.63) is 82.8 Å². The fourth-order valence-electron chi connectivity index (χ4n) is 2.55. The first-order chi connectivity index (χ1) is 13.0. The van der Waals surface area contributed by atoms with Crippen molar-refractivity contribution in [2.24, 2.45) is 0 Å². The Morgan fingerprint density at radius 1 is 1.07 bits per heavy atom. The van der Waals surface area contributed by atoms with Crippen LogP contribution in [0.25, 0.3) is 0 Å². The fourth-order valence-corrected chi connectivity index (χ4v) is 2.55. The van der Waals surface area contributed by atoms with E-state index in [1.165, 1.54) is 5.56 Å². The molecule has 3 rings (SSSR count). The van der Waals surface area contributed by atoms with E-state index in [0.717, 1.165) is 5.56 Å². The van der Waals surface area contributed by atoms with E-state index in [0.29, 0.717) is 29.4 Å². The lowest BCUT2D eigenvalue weighted by atomic mass is 10.1. The Morgan fingerprint density at radius 3 is 2.56 bits per heavy atom. The van der Waals surface area contributed by atoms with Crippen LogP contribution in [0.1, 0.15) is 33.0 Å². The summed E-state index contributed by atoms with van der Waals surface area (Å²) >= 11 is 0. The Labute approximate surface area is 157 Å². The van der Waals surface area contributed by atoms with Crippen LogP contribution in [0.3, 0.4) is 0 Å². The number of hydrogen-bond acceptors (Lipinski definition) is 5. The first kappa shape index (κ1) is 18.1. The summed E-state index contributed by atoms with van der Waals surface area (Å²) in [6.07, 6.45) is 0. The molecule has 1 heterocycles. The number of para-hydroxylation sites is 1. The molecule has 6 heteroatoms. The van der Waals surface area contributed by atoms with E-state index in [-0.39, 0.29) is 11.6 Å². The standard InChI is InChI=1S/C21H19N5O/c1-14-7-9-16(10-8-14)13-23-21(27)19-11-20(25-15(2)24-19)26-18-6-4-3-5-17(18)12-22/h3-11H,13H2,1-2H3,(H,23,27)(H,24,25,26). The molecule has 3 aromatic rings. The average molecular weight is 357 g/mol. The van der Waals surface area contributed by atoms with Crippen LogP contribution in [0.4, 0.5) is 11.5 Å². The minimum atomic E-state index is -0.280. The molecular weight excluding hydrogens is 338 g/mol. The summed E-state index contributed by atoms with van der Waals surface area (Å²) in [6.45, 7) is 4.16. The van der Waals surface area contributed by atoms with Gasteiger partial charge in [-0.25, -0.2) is 9.97 Å². The van der Waals surface area contributed by atoms with E-state index in [9.17, 15) is 10.1 Å². The highest BCUT2D eigenvalue weighted by molar-refractivity contribution is 5.93. The van der Waals surface area contributed by atoms with E-state index in [4.69, 9.17) is 0 Å². The molecule has 1 amide bonds. The van der Waals surface area contributed by atoms with Crippen molar-refractivity contribution in [3.63, 3.8) is 0 Å². The van der Waals surface area contributed by atoms with Gasteiger partial charge in [-0.2, -0.15) is 5.26 Å². The average Bonchev–Trinajstić information content (AvgIpc) is 2.67. The van der Waals surface area contributed by atoms with Gasteiger partial charge in [0.1, 0.15) is 23.4 Å². The van der Waals surface area contributed by atoms with Crippen LogP contribution in [-0.4, -0.2) is 15.9 Å². The number of nitrogens with one attached hydrogen (secondary N) is 2. The van der Waals surface area contributed by atoms with Crippen molar-refractivity contribution >= 4 is 17.4 Å². The summed E-state index contributed by atoms with van der Waals surface area (Å²) in [5.41, 5.74) is 3.58. The molecule has 1 aromatic heterocycles. The smallest absolute Gasteiger partial charge is 0.270 e. The molecule has 0 aliphatic rings. The topological polar surface area (TPSA) is 90.7 Å². The third kappa shape index (κ3) is 4.67. The van der Waals surface area contributed by atoms with Gasteiger partial charge in [-0.1, -0.05) is 42.0 Å². The lowest BCUT2D eigenvalue weighted by molar-refractivity contribution is 0.0945. The van der Waals surface area contributed by atoms with E-state index in [2.05, 4.69) is 26.7 Å². The van der Waals surface area contributed by atoms with Gasteiger partial charge in [-0.05, 0) is 31.5 Å². The minimum Gasteiger partial charge on any atom is -0.347 e. The number of anilines is 2. The van der Waals surface area contributed by atoms with Crippen molar-refractivity contribution in [2.45, 2.75) is 20.4 Å². The molecule has 134 valence electrons. The third-order valence-corrected chi connectivity index (χ3v) is 3.95. The normalized spacial score (nSPS) is 10.1. The van der Waals surface area contributed by atoms with Gasteiger partial charge in [0.15, 0.2) is 0 Å². The zero-order valence-corrected chi connectivity index (χ0v) is 15.2. The van der Waals surface area contributed by atoms with Crippen molar-refractivity contribution in [3.8, 4) is 6.07 Å². The maximum absolute atomic E-state index is 12.5. The highest BCUT2D eigenvalue weighted by atomic mass is 16.1. The number of benzene rings is 2. The second kappa shape index (κ2) is 8.11. The number of nitriles is 1. The molecule has 2 N–H and O–H groups in total. The summed E-state index contributed by atoms with van der Waals surface area (Å²) in [4.78, 5) is 21.0. The predicted molar refractivity (Wildman–Crippen MR) is 104 cm³/mol. The van der Waals surface area contributed by atoms with Crippen LogP contribution in [0.5, 0.6) is 0 Å². The van der Waals surface area contributed by atoms with E-state index >= 15 is 0 Å². The van der Waals surface area contributed by atoms with Gasteiger partial charge < -0.3 is 10.6 Å². The first-order valence-electron chi connectivity index (χ1n) is 8.51. The molecule has 0 fully saturated rings. The van der Waals surface area contributed by atoms with Crippen LogP contribution < -0.4 is 10.6 Å².